The molecule has 4 aromatic rings. The summed E-state index contributed by atoms with van der Waals surface area (Å²) < 4.78 is 1.93. The van der Waals surface area contributed by atoms with Crippen molar-refractivity contribution in [3.8, 4) is 5.69 Å². The molecule has 0 unspecified atom stereocenters. The number of nitrogens with zero attached hydrogens (tertiary/aromatic N) is 1. The van der Waals surface area contributed by atoms with Crippen molar-refractivity contribution in [3.63, 3.8) is 0 Å². The number of nitrogens with one attached hydrogen (secondary N) is 1. The number of benzene rings is 3. The molecule has 5 N–H and O–H groups in total. The molecule has 1 amide bonds. The summed E-state index contributed by atoms with van der Waals surface area (Å²) in [5.74, 6) is -0.192. The highest BCUT2D eigenvalue weighted by Crippen LogP contribution is 2.26. The van der Waals surface area contributed by atoms with Crippen molar-refractivity contribution in [2.24, 2.45) is 0 Å². The van der Waals surface area contributed by atoms with Gasteiger partial charge < -0.3 is 21.4 Å². The number of rotatable bonds is 3. The molecule has 5 nitrogen and oxygen atoms in total. The van der Waals surface area contributed by atoms with Gasteiger partial charge in [0.05, 0.1) is 5.52 Å². The second-order valence-corrected chi connectivity index (χ2v) is 6.09. The lowest BCUT2D eigenvalue weighted by molar-refractivity contribution is 0.102. The van der Waals surface area contributed by atoms with Crippen LogP contribution in [0.3, 0.4) is 0 Å². The van der Waals surface area contributed by atoms with Crippen molar-refractivity contribution in [2.45, 2.75) is 0 Å². The number of hydrogen-bond acceptors (Lipinski definition) is 3. The molecule has 0 fully saturated rings. The molecule has 1 aromatic heterocycles. The van der Waals surface area contributed by atoms with E-state index in [0.29, 0.717) is 22.8 Å². The van der Waals surface area contributed by atoms with Crippen molar-refractivity contribution >= 4 is 33.9 Å². The van der Waals surface area contributed by atoms with Crippen LogP contribution in [0.4, 0.5) is 17.1 Å². The minimum atomic E-state index is -0.192. The summed E-state index contributed by atoms with van der Waals surface area (Å²) in [7, 11) is 0. The molecule has 0 aliphatic carbocycles. The molecule has 0 saturated carbocycles. The van der Waals surface area contributed by atoms with Crippen molar-refractivity contribution in [1.29, 1.82) is 0 Å². The first-order valence-electron chi connectivity index (χ1n) is 8.25. The van der Waals surface area contributed by atoms with E-state index >= 15 is 0 Å². The Hall–Kier alpha value is -3.73. The van der Waals surface area contributed by atoms with Crippen molar-refractivity contribution in [1.82, 2.24) is 4.57 Å². The van der Waals surface area contributed by atoms with E-state index in [0.717, 1.165) is 16.6 Å². The van der Waals surface area contributed by atoms with Crippen LogP contribution >= 0.6 is 0 Å². The molecule has 26 heavy (non-hydrogen) atoms. The predicted molar refractivity (Wildman–Crippen MR) is 106 cm³/mol. The number of para-hydroxylation sites is 1. The Morgan fingerprint density at radius 1 is 0.808 bits per heavy atom. The van der Waals surface area contributed by atoms with Gasteiger partial charge in [0.1, 0.15) is 5.69 Å². The fourth-order valence-corrected chi connectivity index (χ4v) is 2.99. The van der Waals surface area contributed by atoms with Crippen LogP contribution in [0.25, 0.3) is 16.6 Å². The van der Waals surface area contributed by atoms with Gasteiger partial charge in [-0.1, -0.05) is 18.2 Å². The zero-order chi connectivity index (χ0) is 18.1. The minimum absolute atomic E-state index is 0.192. The van der Waals surface area contributed by atoms with E-state index in [1.54, 1.807) is 24.3 Å². The van der Waals surface area contributed by atoms with E-state index in [1.165, 1.54) is 0 Å². The van der Waals surface area contributed by atoms with Gasteiger partial charge in [0.2, 0.25) is 0 Å². The van der Waals surface area contributed by atoms with Gasteiger partial charge in [-0.25, -0.2) is 0 Å². The Labute approximate surface area is 150 Å². The van der Waals surface area contributed by atoms with Gasteiger partial charge in [0.25, 0.3) is 5.91 Å². The van der Waals surface area contributed by atoms with Gasteiger partial charge >= 0.3 is 0 Å². The number of carbonyl (C=O) groups excluding carboxylic acids is 1. The Balaban J connectivity index is 1.81. The summed E-state index contributed by atoms with van der Waals surface area (Å²) in [4.78, 5) is 12.9. The van der Waals surface area contributed by atoms with Crippen LogP contribution in [0.2, 0.25) is 0 Å². The summed E-state index contributed by atoms with van der Waals surface area (Å²) >= 11 is 0. The largest absolute Gasteiger partial charge is 0.399 e. The summed E-state index contributed by atoms with van der Waals surface area (Å²) in [6.07, 6.45) is 0. The Kier molecular flexibility index (Phi) is 3.82. The molecular formula is C21H18N4O. The average Bonchev–Trinajstić information content (AvgIpc) is 3.04. The smallest absolute Gasteiger partial charge is 0.272 e. The van der Waals surface area contributed by atoms with Crippen LogP contribution in [0, 0.1) is 0 Å². The molecule has 1 heterocycles. The number of anilines is 3. The highest BCUT2D eigenvalue weighted by atomic mass is 16.1. The maximum absolute atomic E-state index is 12.9. The summed E-state index contributed by atoms with van der Waals surface area (Å²) in [6.45, 7) is 0. The van der Waals surface area contributed by atoms with Gasteiger partial charge in [-0.15, -0.1) is 0 Å². The van der Waals surface area contributed by atoms with E-state index in [1.807, 2.05) is 59.2 Å². The molecular weight excluding hydrogens is 324 g/mol. The minimum Gasteiger partial charge on any atom is -0.399 e. The standard InChI is InChI=1S/C21H18N4O/c22-15-5-9-17(10-6-15)24-21(26)20-13-14-3-1-2-4-19(14)25(20)18-11-7-16(23)8-12-18/h1-13H,22-23H2,(H,24,26). The number of amides is 1. The average molecular weight is 342 g/mol. The second-order valence-electron chi connectivity index (χ2n) is 6.09. The number of hydrogen-bond donors (Lipinski definition) is 3. The van der Waals surface area contributed by atoms with Gasteiger partial charge in [-0.3, -0.25) is 4.79 Å². The zero-order valence-electron chi connectivity index (χ0n) is 14.0. The molecule has 0 spiro atoms. The molecule has 0 aliphatic rings. The first-order valence-corrected chi connectivity index (χ1v) is 8.25. The fraction of sp³-hybridized carbons (Fsp3) is 0. The molecule has 0 radical (unpaired) electrons. The van der Waals surface area contributed by atoms with Crippen LogP contribution in [0.15, 0.2) is 78.9 Å². The molecule has 128 valence electrons. The third-order valence-electron chi connectivity index (χ3n) is 4.26. The molecule has 0 saturated heterocycles. The van der Waals surface area contributed by atoms with Crippen LogP contribution in [0.5, 0.6) is 0 Å². The maximum atomic E-state index is 12.9. The summed E-state index contributed by atoms with van der Waals surface area (Å²) in [5, 5.41) is 3.92. The SMILES string of the molecule is Nc1ccc(NC(=O)c2cc3ccccc3n2-c2ccc(N)cc2)cc1. The highest BCUT2D eigenvalue weighted by molar-refractivity contribution is 6.07. The number of nitrogens with two attached hydrogens (primary N) is 2. The monoisotopic (exact) mass is 342 g/mol. The molecule has 3 aromatic carbocycles. The predicted octanol–water partition coefficient (Wildman–Crippen LogP) is 4.05. The Morgan fingerprint density at radius 3 is 2.12 bits per heavy atom. The summed E-state index contributed by atoms with van der Waals surface area (Å²) in [5.41, 5.74) is 15.9. The van der Waals surface area contributed by atoms with E-state index in [9.17, 15) is 4.79 Å². The topological polar surface area (TPSA) is 86.1 Å². The van der Waals surface area contributed by atoms with Gasteiger partial charge in [0.15, 0.2) is 0 Å². The summed E-state index contributed by atoms with van der Waals surface area (Å²) in [6, 6.07) is 24.3. The van der Waals surface area contributed by atoms with Crippen molar-refractivity contribution in [2.75, 3.05) is 16.8 Å². The fourth-order valence-electron chi connectivity index (χ4n) is 2.99. The number of fused-ring (bicyclic) bond motifs is 1. The number of carbonyl (C=O) groups is 1. The molecule has 0 atom stereocenters. The second kappa shape index (κ2) is 6.29. The molecule has 0 bridgehead atoms. The van der Waals surface area contributed by atoms with E-state index in [4.69, 9.17) is 11.5 Å². The van der Waals surface area contributed by atoms with Gasteiger partial charge in [-0.05, 0) is 60.7 Å². The third-order valence-corrected chi connectivity index (χ3v) is 4.26. The van der Waals surface area contributed by atoms with Crippen molar-refractivity contribution < 1.29 is 4.79 Å². The lowest BCUT2D eigenvalue weighted by Crippen LogP contribution is -2.16. The van der Waals surface area contributed by atoms with Gasteiger partial charge in [-0.2, -0.15) is 0 Å². The van der Waals surface area contributed by atoms with E-state index in [-0.39, 0.29) is 5.91 Å². The van der Waals surface area contributed by atoms with E-state index in [2.05, 4.69) is 5.32 Å². The van der Waals surface area contributed by atoms with Crippen molar-refractivity contribution in [3.05, 3.63) is 84.6 Å². The van der Waals surface area contributed by atoms with Gasteiger partial charge in [0, 0.05) is 28.1 Å². The zero-order valence-corrected chi connectivity index (χ0v) is 14.0. The van der Waals surface area contributed by atoms with E-state index < -0.39 is 0 Å². The number of aromatic nitrogens is 1. The highest BCUT2D eigenvalue weighted by Gasteiger charge is 2.17. The molecule has 5 heteroatoms. The van der Waals surface area contributed by atoms with Crippen LogP contribution < -0.4 is 16.8 Å². The van der Waals surface area contributed by atoms with Crippen LogP contribution in [0.1, 0.15) is 10.5 Å². The maximum Gasteiger partial charge on any atom is 0.272 e. The Morgan fingerprint density at radius 2 is 1.42 bits per heavy atom. The quantitative estimate of drug-likeness (QED) is 0.491. The molecule has 4 rings (SSSR count). The normalized spacial score (nSPS) is 10.8. The lowest BCUT2D eigenvalue weighted by atomic mass is 10.2. The number of nitrogen functional groups attached to an aromatic ring is 2. The molecule has 0 aliphatic heterocycles. The first-order chi connectivity index (χ1) is 12.6. The third kappa shape index (κ3) is 2.86. The van der Waals surface area contributed by atoms with Crippen LogP contribution in [-0.4, -0.2) is 10.5 Å². The lowest BCUT2D eigenvalue weighted by Gasteiger charge is -2.12. The van der Waals surface area contributed by atoms with Crippen LogP contribution in [-0.2, 0) is 0 Å². The Bertz CT molecular complexity index is 1080. The first kappa shape index (κ1) is 15.8.